The number of aliphatic hydroxyl groups excluding tert-OH is 1. The Morgan fingerprint density at radius 1 is 1.35 bits per heavy atom. The number of aliphatic hydroxyl groups is 1. The van der Waals surface area contributed by atoms with Gasteiger partial charge >= 0.3 is 6.03 Å². The number of urea groups is 1. The molecule has 1 spiro atoms. The normalized spacial score (nSPS) is 28.8. The van der Waals surface area contributed by atoms with E-state index >= 15 is 0 Å². The summed E-state index contributed by atoms with van der Waals surface area (Å²) in [7, 11) is 0. The van der Waals surface area contributed by atoms with Gasteiger partial charge in [0.05, 0.1) is 12.6 Å². The van der Waals surface area contributed by atoms with E-state index in [1.807, 2.05) is 0 Å². The number of halogens is 2. The zero-order chi connectivity index (χ0) is 14.5. The maximum absolute atomic E-state index is 12.3. The van der Waals surface area contributed by atoms with Crippen molar-refractivity contribution in [3.63, 3.8) is 0 Å². The van der Waals surface area contributed by atoms with Crippen LogP contribution in [0, 0.1) is 0 Å². The van der Waals surface area contributed by atoms with Gasteiger partial charge in [-0.1, -0.05) is 29.3 Å². The van der Waals surface area contributed by atoms with E-state index in [1.54, 1.807) is 18.2 Å². The molecular formula is C13H12Cl2N2O3. The molecule has 1 saturated carbocycles. The number of hydrogen-bond donors (Lipinski definition) is 2. The van der Waals surface area contributed by atoms with Crippen LogP contribution in [0.25, 0.3) is 0 Å². The molecule has 3 rings (SSSR count). The number of imide groups is 1. The lowest BCUT2D eigenvalue weighted by atomic mass is 9.74. The van der Waals surface area contributed by atoms with Crippen molar-refractivity contribution in [1.29, 1.82) is 0 Å². The molecular weight excluding hydrogens is 303 g/mol. The number of nitrogens with zero attached hydrogens (tertiary/aromatic N) is 1. The molecule has 0 bridgehead atoms. The molecule has 20 heavy (non-hydrogen) atoms. The summed E-state index contributed by atoms with van der Waals surface area (Å²) in [5.74, 6) is -0.307. The first-order chi connectivity index (χ1) is 9.41. The Morgan fingerprint density at radius 3 is 2.65 bits per heavy atom. The predicted octanol–water partition coefficient (Wildman–Crippen LogP) is 1.94. The van der Waals surface area contributed by atoms with Crippen LogP contribution in [0.4, 0.5) is 4.79 Å². The lowest BCUT2D eigenvalue weighted by Crippen LogP contribution is -2.59. The van der Waals surface area contributed by atoms with Crippen LogP contribution in [-0.2, 0) is 11.3 Å². The SMILES string of the molecule is O=C1NC2(CC(O)C2)C(=O)N1Cc1ccc(Cl)cc1Cl. The lowest BCUT2D eigenvalue weighted by molar-refractivity contribution is -0.139. The van der Waals surface area contributed by atoms with Crippen molar-refractivity contribution in [2.45, 2.75) is 31.0 Å². The Hall–Kier alpha value is -1.30. The van der Waals surface area contributed by atoms with Crippen LogP contribution >= 0.6 is 23.2 Å². The minimum atomic E-state index is -0.921. The predicted molar refractivity (Wildman–Crippen MR) is 73.5 cm³/mol. The Morgan fingerprint density at radius 2 is 2.05 bits per heavy atom. The minimum absolute atomic E-state index is 0.0957. The summed E-state index contributed by atoms with van der Waals surface area (Å²) in [5, 5.41) is 12.9. The maximum atomic E-state index is 12.3. The quantitative estimate of drug-likeness (QED) is 0.820. The van der Waals surface area contributed by atoms with Crippen molar-refractivity contribution in [2.75, 3.05) is 0 Å². The molecule has 1 heterocycles. The summed E-state index contributed by atoms with van der Waals surface area (Å²) in [4.78, 5) is 25.4. The van der Waals surface area contributed by atoms with Gasteiger partial charge in [-0.2, -0.15) is 0 Å². The number of benzene rings is 1. The third kappa shape index (κ3) is 2.06. The molecule has 1 aromatic carbocycles. The zero-order valence-corrected chi connectivity index (χ0v) is 11.9. The molecule has 2 fully saturated rings. The maximum Gasteiger partial charge on any atom is 0.325 e. The smallest absolute Gasteiger partial charge is 0.325 e. The Balaban J connectivity index is 1.81. The third-order valence-electron chi connectivity index (χ3n) is 3.76. The highest BCUT2D eigenvalue weighted by atomic mass is 35.5. The summed E-state index contributed by atoms with van der Waals surface area (Å²) >= 11 is 11.9. The average Bonchev–Trinajstić information content (AvgIpc) is 2.57. The first kappa shape index (κ1) is 13.7. The second-order valence-electron chi connectivity index (χ2n) is 5.20. The van der Waals surface area contributed by atoms with Crippen LogP contribution in [0.1, 0.15) is 18.4 Å². The Kier molecular flexibility index (Phi) is 3.16. The van der Waals surface area contributed by atoms with Gasteiger partial charge in [0.25, 0.3) is 5.91 Å². The number of carbonyl (C=O) groups is 2. The van der Waals surface area contributed by atoms with Crippen molar-refractivity contribution in [1.82, 2.24) is 10.2 Å². The summed E-state index contributed by atoms with van der Waals surface area (Å²) in [6.07, 6.45) is 0.00325. The fourth-order valence-electron chi connectivity index (χ4n) is 2.66. The molecule has 1 aliphatic carbocycles. The van der Waals surface area contributed by atoms with Crippen LogP contribution < -0.4 is 5.32 Å². The van der Waals surface area contributed by atoms with Crippen molar-refractivity contribution in [3.05, 3.63) is 33.8 Å². The van der Waals surface area contributed by atoms with Crippen molar-refractivity contribution < 1.29 is 14.7 Å². The third-order valence-corrected chi connectivity index (χ3v) is 4.34. The van der Waals surface area contributed by atoms with E-state index in [2.05, 4.69) is 5.32 Å². The van der Waals surface area contributed by atoms with Gasteiger partial charge in [0.15, 0.2) is 0 Å². The Bertz CT molecular complexity index is 599. The lowest BCUT2D eigenvalue weighted by Gasteiger charge is -2.39. The molecule has 0 radical (unpaired) electrons. The van der Waals surface area contributed by atoms with Gasteiger partial charge < -0.3 is 10.4 Å². The van der Waals surface area contributed by atoms with E-state index in [0.29, 0.717) is 15.6 Å². The molecule has 0 aromatic heterocycles. The highest BCUT2D eigenvalue weighted by Crippen LogP contribution is 2.38. The molecule has 2 aliphatic rings. The van der Waals surface area contributed by atoms with Crippen molar-refractivity contribution in [3.8, 4) is 0 Å². The molecule has 1 aromatic rings. The number of nitrogens with one attached hydrogen (secondary N) is 1. The number of rotatable bonds is 2. The highest BCUT2D eigenvalue weighted by Gasteiger charge is 2.58. The van der Waals surface area contributed by atoms with Crippen LogP contribution in [-0.4, -0.2) is 33.6 Å². The molecule has 0 unspecified atom stereocenters. The highest BCUT2D eigenvalue weighted by molar-refractivity contribution is 6.35. The van der Waals surface area contributed by atoms with Crippen LogP contribution in [0.15, 0.2) is 18.2 Å². The van der Waals surface area contributed by atoms with Crippen LogP contribution in [0.5, 0.6) is 0 Å². The van der Waals surface area contributed by atoms with E-state index < -0.39 is 17.7 Å². The molecule has 106 valence electrons. The fourth-order valence-corrected chi connectivity index (χ4v) is 3.13. The standard InChI is InChI=1S/C13H12Cl2N2O3/c14-8-2-1-7(10(15)3-8)6-17-11(19)13(16-12(17)20)4-9(18)5-13/h1-3,9,18H,4-6H2,(H,16,20). The van der Waals surface area contributed by atoms with Gasteiger partial charge in [0.1, 0.15) is 5.54 Å². The fraction of sp³-hybridized carbons (Fsp3) is 0.385. The van der Waals surface area contributed by atoms with Gasteiger partial charge in [0, 0.05) is 22.9 Å². The van der Waals surface area contributed by atoms with Gasteiger partial charge in [-0.15, -0.1) is 0 Å². The second kappa shape index (κ2) is 4.62. The summed E-state index contributed by atoms with van der Waals surface area (Å²) in [6.45, 7) is 0.0957. The topological polar surface area (TPSA) is 69.6 Å². The van der Waals surface area contributed by atoms with E-state index in [4.69, 9.17) is 23.2 Å². The van der Waals surface area contributed by atoms with Crippen LogP contribution in [0.2, 0.25) is 10.0 Å². The Labute approximate surface area is 125 Å². The second-order valence-corrected chi connectivity index (χ2v) is 6.04. The molecule has 1 saturated heterocycles. The van der Waals surface area contributed by atoms with E-state index in [9.17, 15) is 14.7 Å². The molecule has 7 heteroatoms. The average molecular weight is 315 g/mol. The summed E-state index contributed by atoms with van der Waals surface area (Å²) < 4.78 is 0. The molecule has 3 amide bonds. The molecule has 2 N–H and O–H groups in total. The number of carbonyl (C=O) groups excluding carboxylic acids is 2. The largest absolute Gasteiger partial charge is 0.393 e. The minimum Gasteiger partial charge on any atom is -0.393 e. The van der Waals surface area contributed by atoms with Gasteiger partial charge in [-0.25, -0.2) is 4.79 Å². The van der Waals surface area contributed by atoms with E-state index in [-0.39, 0.29) is 25.3 Å². The monoisotopic (exact) mass is 314 g/mol. The van der Waals surface area contributed by atoms with Gasteiger partial charge in [-0.3, -0.25) is 9.69 Å². The first-order valence-corrected chi connectivity index (χ1v) is 6.93. The summed E-state index contributed by atoms with van der Waals surface area (Å²) in [6, 6.07) is 4.46. The molecule has 1 aliphatic heterocycles. The number of hydrogen-bond acceptors (Lipinski definition) is 3. The van der Waals surface area contributed by atoms with E-state index in [0.717, 1.165) is 4.90 Å². The number of amides is 3. The zero-order valence-electron chi connectivity index (χ0n) is 10.4. The van der Waals surface area contributed by atoms with Gasteiger partial charge in [0.2, 0.25) is 0 Å². The van der Waals surface area contributed by atoms with Crippen LogP contribution in [0.3, 0.4) is 0 Å². The first-order valence-electron chi connectivity index (χ1n) is 6.17. The molecule has 0 atom stereocenters. The summed E-state index contributed by atoms with van der Waals surface area (Å²) in [5.41, 5.74) is -0.272. The molecule has 5 nitrogen and oxygen atoms in total. The van der Waals surface area contributed by atoms with Gasteiger partial charge in [-0.05, 0) is 17.7 Å². The van der Waals surface area contributed by atoms with Crippen molar-refractivity contribution >= 4 is 35.1 Å². The van der Waals surface area contributed by atoms with Crippen molar-refractivity contribution in [2.24, 2.45) is 0 Å². The van der Waals surface area contributed by atoms with E-state index in [1.165, 1.54) is 0 Å².